The smallest absolute Gasteiger partial charge is 0.426 e. The van der Waals surface area contributed by atoms with E-state index in [9.17, 15) is 17.6 Å². The van der Waals surface area contributed by atoms with Gasteiger partial charge in [0.25, 0.3) is 0 Å². The quantitative estimate of drug-likeness (QED) is 0.770. The molecule has 0 aliphatic carbocycles. The van der Waals surface area contributed by atoms with Crippen LogP contribution in [0.4, 0.5) is 23.2 Å². The first-order valence-electron chi connectivity index (χ1n) is 5.69. The highest BCUT2D eigenvalue weighted by Crippen LogP contribution is 2.35. The molecule has 1 aromatic carbocycles. The number of para-hydroxylation sites is 2. The average Bonchev–Trinajstić information content (AvgIpc) is 2.82. The van der Waals surface area contributed by atoms with Crippen LogP contribution in [0.25, 0.3) is 0 Å². The summed E-state index contributed by atoms with van der Waals surface area (Å²) in [6, 6.07) is 6.03. The lowest BCUT2D eigenvalue weighted by Crippen LogP contribution is -2.34. The number of alkyl halides is 4. The van der Waals surface area contributed by atoms with Crippen molar-refractivity contribution in [1.29, 1.82) is 0 Å². The fourth-order valence-electron chi connectivity index (χ4n) is 1.95. The van der Waals surface area contributed by atoms with Crippen LogP contribution in [-0.2, 0) is 0 Å². The van der Waals surface area contributed by atoms with E-state index in [2.05, 4.69) is 4.74 Å². The fraction of sp³-hybridized carbons (Fsp3) is 0.500. The summed E-state index contributed by atoms with van der Waals surface area (Å²) < 4.78 is 54.2. The van der Waals surface area contributed by atoms with Gasteiger partial charge >= 0.3 is 12.5 Å². The summed E-state index contributed by atoms with van der Waals surface area (Å²) in [5.74, 6) is -0.204. The zero-order valence-corrected chi connectivity index (χ0v) is 9.58. The van der Waals surface area contributed by atoms with E-state index in [0.29, 0.717) is 5.69 Å². The Kier molecular flexibility index (Phi) is 3.63. The van der Waals surface area contributed by atoms with Gasteiger partial charge in [0, 0.05) is 13.1 Å². The third-order valence-corrected chi connectivity index (χ3v) is 2.81. The molecule has 0 N–H and O–H groups in total. The molecule has 0 amide bonds. The van der Waals surface area contributed by atoms with Crippen molar-refractivity contribution in [1.82, 2.24) is 0 Å². The minimum atomic E-state index is -4.46. The first kappa shape index (κ1) is 13.0. The SMILES string of the molecule is FC(F)C(F)(F)Oc1ccccc1N1CCCC1. The van der Waals surface area contributed by atoms with Crippen LogP contribution < -0.4 is 9.64 Å². The lowest BCUT2D eigenvalue weighted by molar-refractivity contribution is -0.253. The Hall–Kier alpha value is -1.46. The predicted molar refractivity (Wildman–Crippen MR) is 59.5 cm³/mol. The minimum Gasteiger partial charge on any atom is -0.426 e. The predicted octanol–water partition coefficient (Wildman–Crippen LogP) is 3.52. The monoisotopic (exact) mass is 263 g/mol. The molecule has 2 nitrogen and oxygen atoms in total. The maximum Gasteiger partial charge on any atom is 0.461 e. The number of hydrogen-bond donors (Lipinski definition) is 0. The van der Waals surface area contributed by atoms with Gasteiger partial charge in [-0.1, -0.05) is 12.1 Å². The van der Waals surface area contributed by atoms with Crippen molar-refractivity contribution in [3.8, 4) is 5.75 Å². The van der Waals surface area contributed by atoms with Gasteiger partial charge in [-0.25, -0.2) is 0 Å². The molecule has 1 saturated heterocycles. The molecular weight excluding hydrogens is 250 g/mol. The van der Waals surface area contributed by atoms with Gasteiger partial charge in [0.15, 0.2) is 0 Å². The number of rotatable bonds is 4. The van der Waals surface area contributed by atoms with Gasteiger partial charge in [-0.05, 0) is 25.0 Å². The van der Waals surface area contributed by atoms with Crippen molar-refractivity contribution >= 4 is 5.69 Å². The number of nitrogens with zero attached hydrogens (tertiary/aromatic N) is 1. The molecule has 18 heavy (non-hydrogen) atoms. The van der Waals surface area contributed by atoms with E-state index in [4.69, 9.17) is 0 Å². The van der Waals surface area contributed by atoms with Crippen molar-refractivity contribution < 1.29 is 22.3 Å². The molecule has 6 heteroatoms. The molecule has 1 fully saturated rings. The van der Waals surface area contributed by atoms with Gasteiger partial charge in [0.2, 0.25) is 0 Å². The molecule has 0 spiro atoms. The number of hydrogen-bond acceptors (Lipinski definition) is 2. The molecule has 0 atom stereocenters. The van der Waals surface area contributed by atoms with Crippen molar-refractivity contribution in [3.05, 3.63) is 24.3 Å². The largest absolute Gasteiger partial charge is 0.461 e. The Morgan fingerprint density at radius 1 is 1.11 bits per heavy atom. The Morgan fingerprint density at radius 3 is 2.33 bits per heavy atom. The zero-order valence-electron chi connectivity index (χ0n) is 9.58. The Balaban J connectivity index is 2.22. The van der Waals surface area contributed by atoms with Gasteiger partial charge < -0.3 is 9.64 Å². The van der Waals surface area contributed by atoms with Gasteiger partial charge in [-0.15, -0.1) is 0 Å². The Morgan fingerprint density at radius 2 is 1.72 bits per heavy atom. The van der Waals surface area contributed by atoms with Crippen LogP contribution in [0.5, 0.6) is 5.75 Å². The third-order valence-electron chi connectivity index (χ3n) is 2.81. The van der Waals surface area contributed by atoms with E-state index >= 15 is 0 Å². The number of benzene rings is 1. The van der Waals surface area contributed by atoms with Crippen LogP contribution in [-0.4, -0.2) is 25.6 Å². The molecule has 0 saturated carbocycles. The van der Waals surface area contributed by atoms with E-state index in [1.165, 1.54) is 12.1 Å². The van der Waals surface area contributed by atoms with E-state index < -0.39 is 12.5 Å². The van der Waals surface area contributed by atoms with Gasteiger partial charge in [-0.2, -0.15) is 17.6 Å². The molecule has 0 bridgehead atoms. The second kappa shape index (κ2) is 5.04. The van der Waals surface area contributed by atoms with Gasteiger partial charge in [0.05, 0.1) is 5.69 Å². The van der Waals surface area contributed by atoms with E-state index in [-0.39, 0.29) is 5.75 Å². The standard InChI is InChI=1S/C12H13F4NO/c13-11(14)12(15,16)18-10-6-2-1-5-9(10)17-7-3-4-8-17/h1-2,5-6,11H,3-4,7-8H2. The summed E-state index contributed by atoms with van der Waals surface area (Å²) in [6.07, 6.45) is -6.39. The molecule has 100 valence electrons. The van der Waals surface area contributed by atoms with Crippen LogP contribution in [0, 0.1) is 0 Å². The molecule has 1 aromatic rings. The molecule has 1 aliphatic heterocycles. The number of halogens is 4. The highest BCUT2D eigenvalue weighted by atomic mass is 19.3. The summed E-state index contributed by atoms with van der Waals surface area (Å²) in [7, 11) is 0. The van der Waals surface area contributed by atoms with E-state index in [0.717, 1.165) is 25.9 Å². The Labute approximate surface area is 102 Å². The number of ether oxygens (including phenoxy) is 1. The molecule has 0 aromatic heterocycles. The maximum atomic E-state index is 12.9. The maximum absolute atomic E-state index is 12.9. The lowest BCUT2D eigenvalue weighted by Gasteiger charge is -2.24. The second-order valence-electron chi connectivity index (χ2n) is 4.13. The van der Waals surface area contributed by atoms with E-state index in [1.54, 1.807) is 12.1 Å². The molecular formula is C12H13F4NO. The van der Waals surface area contributed by atoms with Crippen molar-refractivity contribution in [2.24, 2.45) is 0 Å². The highest BCUT2D eigenvalue weighted by Gasteiger charge is 2.44. The Bertz CT molecular complexity index is 405. The summed E-state index contributed by atoms with van der Waals surface area (Å²) in [4.78, 5) is 1.86. The molecule has 1 heterocycles. The minimum absolute atomic E-state index is 0.204. The normalized spacial score (nSPS) is 16.4. The van der Waals surface area contributed by atoms with Crippen molar-refractivity contribution in [2.45, 2.75) is 25.4 Å². The zero-order chi connectivity index (χ0) is 13.2. The fourth-order valence-corrected chi connectivity index (χ4v) is 1.95. The summed E-state index contributed by atoms with van der Waals surface area (Å²) in [6.45, 7) is 1.45. The van der Waals surface area contributed by atoms with Gasteiger partial charge in [-0.3, -0.25) is 0 Å². The van der Waals surface area contributed by atoms with Gasteiger partial charge in [0.1, 0.15) is 5.75 Å². The summed E-state index contributed by atoms with van der Waals surface area (Å²) >= 11 is 0. The van der Waals surface area contributed by atoms with Crippen LogP contribution in [0.2, 0.25) is 0 Å². The molecule has 2 rings (SSSR count). The second-order valence-corrected chi connectivity index (χ2v) is 4.13. The highest BCUT2D eigenvalue weighted by molar-refractivity contribution is 5.59. The van der Waals surface area contributed by atoms with Crippen molar-refractivity contribution in [3.63, 3.8) is 0 Å². The topological polar surface area (TPSA) is 12.5 Å². The molecule has 1 aliphatic rings. The van der Waals surface area contributed by atoms with Crippen LogP contribution in [0.1, 0.15) is 12.8 Å². The molecule has 0 radical (unpaired) electrons. The third kappa shape index (κ3) is 2.68. The lowest BCUT2D eigenvalue weighted by atomic mass is 10.2. The summed E-state index contributed by atoms with van der Waals surface area (Å²) in [5, 5.41) is 0. The molecule has 0 unspecified atom stereocenters. The van der Waals surface area contributed by atoms with Crippen LogP contribution >= 0.6 is 0 Å². The van der Waals surface area contributed by atoms with Crippen LogP contribution in [0.3, 0.4) is 0 Å². The summed E-state index contributed by atoms with van der Waals surface area (Å²) in [5.41, 5.74) is 0.440. The average molecular weight is 263 g/mol. The number of anilines is 1. The first-order chi connectivity index (χ1) is 8.50. The van der Waals surface area contributed by atoms with Crippen molar-refractivity contribution in [2.75, 3.05) is 18.0 Å². The first-order valence-corrected chi connectivity index (χ1v) is 5.69. The van der Waals surface area contributed by atoms with E-state index in [1.807, 2.05) is 4.90 Å². The van der Waals surface area contributed by atoms with Crippen LogP contribution in [0.15, 0.2) is 24.3 Å².